The Morgan fingerprint density at radius 3 is 2.50 bits per heavy atom. The van der Waals surface area contributed by atoms with Gasteiger partial charge in [0.05, 0.1) is 35.8 Å². The van der Waals surface area contributed by atoms with Gasteiger partial charge in [0.15, 0.2) is 0 Å². The largest absolute Gasteiger partial charge is 0.516 e. The lowest BCUT2D eigenvalue weighted by atomic mass is 9.86. The lowest BCUT2D eigenvalue weighted by Gasteiger charge is -2.32. The second-order valence-electron chi connectivity index (χ2n) is 6.84. The van der Waals surface area contributed by atoms with Gasteiger partial charge in [-0.2, -0.15) is 0 Å². The summed E-state index contributed by atoms with van der Waals surface area (Å²) in [6, 6.07) is 7.15. The zero-order chi connectivity index (χ0) is 17.5. The molecule has 0 amide bonds. The molecule has 24 heavy (non-hydrogen) atoms. The monoisotopic (exact) mass is 328 g/mol. The van der Waals surface area contributed by atoms with Gasteiger partial charge in [-0.05, 0) is 45.9 Å². The van der Waals surface area contributed by atoms with Gasteiger partial charge in [0.2, 0.25) is 0 Å². The molecule has 0 aliphatic carbocycles. The highest BCUT2D eigenvalue weighted by Crippen LogP contribution is 2.36. The summed E-state index contributed by atoms with van der Waals surface area (Å²) < 4.78 is 18.6. The summed E-state index contributed by atoms with van der Waals surface area (Å²) in [7, 11) is 0.850. The minimum absolute atomic E-state index is 0.372. The Morgan fingerprint density at radius 2 is 1.88 bits per heavy atom. The van der Waals surface area contributed by atoms with Crippen LogP contribution in [0.3, 0.4) is 0 Å². The third-order valence-electron chi connectivity index (χ3n) is 4.66. The number of methoxy groups -OCH3 is 1. The summed E-state index contributed by atoms with van der Waals surface area (Å²) in [5, 5.41) is 0. The number of hydrogen-bond donors (Lipinski definition) is 0. The number of imidazole rings is 1. The predicted molar refractivity (Wildman–Crippen MR) is 90.6 cm³/mol. The van der Waals surface area contributed by atoms with E-state index in [1.807, 2.05) is 44.5 Å². The zero-order valence-electron chi connectivity index (χ0n) is 14.6. The topological polar surface area (TPSA) is 62.6 Å². The molecule has 0 spiro atoms. The van der Waals surface area contributed by atoms with Gasteiger partial charge in [-0.15, -0.1) is 0 Å². The molecule has 7 heteroatoms. The van der Waals surface area contributed by atoms with Crippen LogP contribution in [0.2, 0.25) is 0 Å². The number of rotatable bonds is 3. The first-order valence-corrected chi connectivity index (χ1v) is 7.82. The van der Waals surface area contributed by atoms with Crippen molar-refractivity contribution in [3.8, 4) is 5.69 Å². The molecule has 1 aliphatic rings. The lowest BCUT2D eigenvalue weighted by Crippen LogP contribution is -2.41. The fourth-order valence-electron chi connectivity index (χ4n) is 2.48. The molecule has 2 heterocycles. The third-order valence-corrected chi connectivity index (χ3v) is 4.66. The maximum Gasteiger partial charge on any atom is 0.516 e. The Hall–Kier alpha value is -2.12. The van der Waals surface area contributed by atoms with Gasteiger partial charge in [-0.25, -0.2) is 9.78 Å². The molecule has 1 fully saturated rings. The Balaban J connectivity index is 1.86. The van der Waals surface area contributed by atoms with E-state index in [1.54, 1.807) is 24.5 Å². The van der Waals surface area contributed by atoms with E-state index in [4.69, 9.17) is 14.0 Å². The van der Waals surface area contributed by atoms with Crippen LogP contribution in [0.5, 0.6) is 0 Å². The van der Waals surface area contributed by atoms with Crippen LogP contribution in [-0.2, 0) is 14.0 Å². The molecule has 0 unspecified atom stereocenters. The molecule has 3 rings (SSSR count). The quantitative estimate of drug-likeness (QED) is 0.637. The number of carbonyl (C=O) groups is 1. The maximum absolute atomic E-state index is 11.7. The highest BCUT2D eigenvalue weighted by Gasteiger charge is 2.52. The summed E-state index contributed by atoms with van der Waals surface area (Å²) in [5.41, 5.74) is 1.17. The lowest BCUT2D eigenvalue weighted by molar-refractivity contribution is 0.00578. The number of ether oxygens (including phenoxy) is 1. The molecule has 1 saturated heterocycles. The molecular formula is C17H21BN2O4. The molecule has 0 N–H and O–H groups in total. The van der Waals surface area contributed by atoms with Gasteiger partial charge in [-0.3, -0.25) is 0 Å². The van der Waals surface area contributed by atoms with Crippen molar-refractivity contribution in [1.82, 2.24) is 9.55 Å². The van der Waals surface area contributed by atoms with E-state index in [2.05, 4.69) is 4.98 Å². The van der Waals surface area contributed by atoms with Gasteiger partial charge < -0.3 is 18.6 Å². The summed E-state index contributed by atoms with van der Waals surface area (Å²) >= 11 is 0. The molecule has 1 aliphatic heterocycles. The predicted octanol–water partition coefficient (Wildman–Crippen LogP) is 1.96. The van der Waals surface area contributed by atoms with Crippen LogP contribution < -0.4 is 5.59 Å². The van der Waals surface area contributed by atoms with Gasteiger partial charge in [0.25, 0.3) is 0 Å². The van der Waals surface area contributed by atoms with Gasteiger partial charge in [0, 0.05) is 11.9 Å². The second-order valence-corrected chi connectivity index (χ2v) is 6.84. The van der Waals surface area contributed by atoms with Crippen molar-refractivity contribution < 1.29 is 18.8 Å². The highest BCUT2D eigenvalue weighted by atomic mass is 16.7. The van der Waals surface area contributed by atoms with E-state index in [0.29, 0.717) is 11.2 Å². The van der Waals surface area contributed by atoms with Crippen LogP contribution in [-0.4, -0.2) is 41.0 Å². The van der Waals surface area contributed by atoms with Crippen molar-refractivity contribution in [2.45, 2.75) is 38.9 Å². The Bertz CT molecular complexity index is 753. The van der Waals surface area contributed by atoms with Crippen molar-refractivity contribution >= 4 is 18.7 Å². The number of hydrogen-bond acceptors (Lipinski definition) is 5. The Labute approximate surface area is 141 Å². The van der Waals surface area contributed by atoms with Crippen LogP contribution in [0.4, 0.5) is 0 Å². The minimum atomic E-state index is -0.514. The molecule has 0 radical (unpaired) electrons. The van der Waals surface area contributed by atoms with E-state index in [-0.39, 0.29) is 5.97 Å². The van der Waals surface area contributed by atoms with Gasteiger partial charge in [0.1, 0.15) is 0 Å². The number of esters is 1. The second kappa shape index (κ2) is 5.75. The van der Waals surface area contributed by atoms with Gasteiger partial charge >= 0.3 is 13.1 Å². The van der Waals surface area contributed by atoms with E-state index in [1.165, 1.54) is 7.11 Å². The normalized spacial score (nSPS) is 18.6. The molecule has 2 aromatic rings. The molecular weight excluding hydrogens is 307 g/mol. The first kappa shape index (κ1) is 16.7. The van der Waals surface area contributed by atoms with E-state index >= 15 is 0 Å². The van der Waals surface area contributed by atoms with Crippen molar-refractivity contribution in [3.05, 3.63) is 42.4 Å². The smallest absolute Gasteiger partial charge is 0.465 e. The van der Waals surface area contributed by atoms with Crippen LogP contribution in [0.1, 0.15) is 38.1 Å². The van der Waals surface area contributed by atoms with E-state index in [9.17, 15) is 4.79 Å². The molecule has 126 valence electrons. The highest BCUT2D eigenvalue weighted by molar-refractivity contribution is 6.61. The zero-order valence-corrected chi connectivity index (χ0v) is 14.6. The van der Waals surface area contributed by atoms with Crippen LogP contribution in [0.25, 0.3) is 5.69 Å². The number of carbonyl (C=O) groups excluding carboxylic acids is 1. The Morgan fingerprint density at radius 1 is 1.21 bits per heavy atom. The van der Waals surface area contributed by atoms with Gasteiger partial charge in [-0.1, -0.05) is 6.07 Å². The van der Waals surface area contributed by atoms with E-state index in [0.717, 1.165) is 5.69 Å². The van der Waals surface area contributed by atoms with Crippen LogP contribution in [0.15, 0.2) is 36.8 Å². The molecule has 1 aromatic carbocycles. The average Bonchev–Trinajstić information content (AvgIpc) is 3.10. The summed E-state index contributed by atoms with van der Waals surface area (Å²) in [6.07, 6.45) is 3.52. The number of aromatic nitrogens is 2. The molecule has 1 aromatic heterocycles. The fraction of sp³-hybridized carbons (Fsp3) is 0.412. The maximum atomic E-state index is 11.7. The van der Waals surface area contributed by atoms with Crippen molar-refractivity contribution in [1.29, 1.82) is 0 Å². The first-order valence-electron chi connectivity index (χ1n) is 7.82. The Kier molecular flexibility index (Phi) is 4.01. The summed E-state index contributed by atoms with van der Waals surface area (Å²) in [4.78, 5) is 16.1. The van der Waals surface area contributed by atoms with Crippen molar-refractivity contribution in [2.75, 3.05) is 7.11 Å². The van der Waals surface area contributed by atoms with Crippen molar-refractivity contribution in [2.24, 2.45) is 0 Å². The third kappa shape index (κ3) is 2.85. The van der Waals surface area contributed by atoms with Crippen molar-refractivity contribution in [3.63, 3.8) is 0 Å². The molecule has 0 atom stereocenters. The summed E-state index contributed by atoms with van der Waals surface area (Å²) in [6.45, 7) is 8.02. The van der Waals surface area contributed by atoms with Crippen LogP contribution in [0, 0.1) is 0 Å². The molecule has 0 saturated carbocycles. The first-order chi connectivity index (χ1) is 11.2. The summed E-state index contributed by atoms with van der Waals surface area (Å²) in [5.74, 6) is -0.372. The number of benzene rings is 1. The van der Waals surface area contributed by atoms with Crippen LogP contribution >= 0.6 is 0 Å². The fourth-order valence-corrected chi connectivity index (χ4v) is 2.48. The molecule has 6 nitrogen and oxygen atoms in total. The number of nitrogens with zero attached hydrogens (tertiary/aromatic N) is 2. The average molecular weight is 328 g/mol. The van der Waals surface area contributed by atoms with E-state index < -0.39 is 18.3 Å². The SMILES string of the molecule is COC(=O)c1cccc(-n2cnc(B3OC(C)(C)C(C)(C)O3)c2)c1. The standard InChI is InChI=1S/C17H21BN2O4/c1-16(2)17(3,4)24-18(23-16)14-10-20(11-19-14)13-8-6-7-12(9-13)15(21)22-5/h6-11H,1-5H3. The molecule has 0 bridgehead atoms. The minimum Gasteiger partial charge on any atom is -0.465 e.